The van der Waals surface area contributed by atoms with E-state index in [4.69, 9.17) is 10.8 Å². The van der Waals surface area contributed by atoms with Crippen LogP contribution in [-0.2, 0) is 0 Å². The molecule has 1 unspecified atom stereocenters. The molecule has 1 aliphatic rings. The third-order valence-electron chi connectivity index (χ3n) is 1.09. The van der Waals surface area contributed by atoms with Crippen LogP contribution in [0, 0.1) is 11.8 Å². The second-order valence-electron chi connectivity index (χ2n) is 1.90. The number of hydrogen-bond acceptors (Lipinski definition) is 3. The fraction of sp³-hybridized carbons (Fsp3) is 0.333. The summed E-state index contributed by atoms with van der Waals surface area (Å²) in [6.45, 7) is -0.117. The van der Waals surface area contributed by atoms with Gasteiger partial charge in [0.15, 0.2) is 0 Å². The Bertz CT molecular complexity index is 201. The van der Waals surface area contributed by atoms with Crippen LogP contribution in [0.2, 0.25) is 0 Å². The van der Waals surface area contributed by atoms with Crippen molar-refractivity contribution in [1.82, 2.24) is 5.32 Å². The van der Waals surface area contributed by atoms with Gasteiger partial charge in [0.2, 0.25) is 6.29 Å². The topological polar surface area (TPSA) is 74.9 Å². The maximum absolute atomic E-state index is 8.32. The van der Waals surface area contributed by atoms with Crippen molar-refractivity contribution in [2.75, 3.05) is 6.61 Å². The molecular formula is C6H10N3O+. The zero-order chi connectivity index (χ0) is 7.40. The summed E-state index contributed by atoms with van der Waals surface area (Å²) in [6.07, 6.45) is 1.68. The Balaban J connectivity index is 2.44. The first-order chi connectivity index (χ1) is 4.83. The maximum atomic E-state index is 8.32. The average molecular weight is 140 g/mol. The Kier molecular flexibility index (Phi) is 2.29. The first-order valence-electron chi connectivity index (χ1n) is 3.00. The van der Waals surface area contributed by atoms with E-state index in [1.165, 1.54) is 0 Å². The van der Waals surface area contributed by atoms with Crippen molar-refractivity contribution in [2.24, 2.45) is 5.73 Å². The fourth-order valence-corrected chi connectivity index (χ4v) is 0.688. The molecule has 10 heavy (non-hydrogen) atoms. The van der Waals surface area contributed by atoms with Gasteiger partial charge < -0.3 is 10.4 Å². The van der Waals surface area contributed by atoms with Gasteiger partial charge in [-0.3, -0.25) is 11.1 Å². The lowest BCUT2D eigenvalue weighted by Gasteiger charge is -1.97. The summed E-state index contributed by atoms with van der Waals surface area (Å²) >= 11 is 0. The Morgan fingerprint density at radius 2 is 2.70 bits per heavy atom. The maximum Gasteiger partial charge on any atom is 0.219 e. The highest BCUT2D eigenvalue weighted by atomic mass is 16.2. The van der Waals surface area contributed by atoms with E-state index in [-0.39, 0.29) is 12.9 Å². The highest BCUT2D eigenvalue weighted by molar-refractivity contribution is 5.26. The second-order valence-corrected chi connectivity index (χ2v) is 1.90. The summed E-state index contributed by atoms with van der Waals surface area (Å²) in [5.74, 6) is 5.21. The van der Waals surface area contributed by atoms with Gasteiger partial charge in [0.25, 0.3) is 0 Å². The molecule has 0 saturated heterocycles. The van der Waals surface area contributed by atoms with Gasteiger partial charge in [-0.15, -0.1) is 0 Å². The summed E-state index contributed by atoms with van der Waals surface area (Å²) in [5, 5.41) is 13.0. The van der Waals surface area contributed by atoms with Gasteiger partial charge in [0.05, 0.1) is 0 Å². The number of quaternary nitrogens is 1. The van der Waals surface area contributed by atoms with E-state index < -0.39 is 0 Å². The number of rotatable bonds is 0. The van der Waals surface area contributed by atoms with E-state index in [9.17, 15) is 0 Å². The smallest absolute Gasteiger partial charge is 0.219 e. The van der Waals surface area contributed by atoms with Crippen molar-refractivity contribution >= 4 is 0 Å². The predicted octanol–water partition coefficient (Wildman–Crippen LogP) is -2.77. The molecule has 1 atom stereocenters. The van der Waals surface area contributed by atoms with Gasteiger partial charge in [0.1, 0.15) is 18.5 Å². The molecule has 4 nitrogen and oxygen atoms in total. The molecule has 1 rings (SSSR count). The van der Waals surface area contributed by atoms with Crippen LogP contribution in [0.5, 0.6) is 0 Å². The molecular weight excluding hydrogens is 130 g/mol. The third-order valence-corrected chi connectivity index (χ3v) is 1.09. The Morgan fingerprint density at radius 1 is 1.90 bits per heavy atom. The molecule has 0 saturated carbocycles. The molecule has 0 aliphatic carbocycles. The summed E-state index contributed by atoms with van der Waals surface area (Å²) < 4.78 is 0. The molecule has 54 valence electrons. The Hall–Kier alpha value is -1.02. The van der Waals surface area contributed by atoms with Crippen LogP contribution < -0.4 is 16.4 Å². The van der Waals surface area contributed by atoms with Gasteiger partial charge in [0, 0.05) is 0 Å². The van der Waals surface area contributed by atoms with Crippen LogP contribution in [0.15, 0.2) is 11.9 Å². The molecule has 0 bridgehead atoms. The van der Waals surface area contributed by atoms with Gasteiger partial charge in [-0.1, -0.05) is 5.92 Å². The standard InChI is InChI=1S/C6H9N3O/c7-6-8-4-5(9-6)2-1-3-10/h4,6,8-10H,3,7H2/p+1. The van der Waals surface area contributed by atoms with Crippen LogP contribution in [0.3, 0.4) is 0 Å². The molecule has 0 radical (unpaired) electrons. The van der Waals surface area contributed by atoms with Crippen molar-refractivity contribution < 1.29 is 10.4 Å². The van der Waals surface area contributed by atoms with Gasteiger partial charge in [-0.25, -0.2) is 0 Å². The lowest BCUT2D eigenvalue weighted by Crippen LogP contribution is -2.88. The minimum Gasteiger partial charge on any atom is -0.384 e. The van der Waals surface area contributed by atoms with E-state index in [2.05, 4.69) is 17.2 Å². The largest absolute Gasteiger partial charge is 0.384 e. The van der Waals surface area contributed by atoms with Crippen LogP contribution in [0.25, 0.3) is 0 Å². The molecule has 0 fully saturated rings. The van der Waals surface area contributed by atoms with Gasteiger partial charge in [-0.2, -0.15) is 0 Å². The van der Waals surface area contributed by atoms with E-state index in [0.29, 0.717) is 0 Å². The van der Waals surface area contributed by atoms with E-state index in [1.54, 1.807) is 11.5 Å². The van der Waals surface area contributed by atoms with Crippen LogP contribution in [0.4, 0.5) is 0 Å². The highest BCUT2D eigenvalue weighted by Gasteiger charge is 2.11. The van der Waals surface area contributed by atoms with E-state index >= 15 is 0 Å². The number of allylic oxidation sites excluding steroid dienone is 1. The zero-order valence-corrected chi connectivity index (χ0v) is 5.46. The molecule has 0 amide bonds. The van der Waals surface area contributed by atoms with Crippen LogP contribution in [-0.4, -0.2) is 18.0 Å². The number of nitrogens with one attached hydrogen (secondary N) is 1. The number of hydrogen-bond donors (Lipinski definition) is 4. The molecule has 1 aliphatic heterocycles. The minimum atomic E-state index is -0.122. The van der Waals surface area contributed by atoms with Crippen molar-refractivity contribution in [3.63, 3.8) is 0 Å². The Labute approximate surface area is 59.1 Å². The molecule has 0 aromatic rings. The molecule has 0 aromatic heterocycles. The third kappa shape index (κ3) is 1.74. The highest BCUT2D eigenvalue weighted by Crippen LogP contribution is 1.84. The zero-order valence-electron chi connectivity index (χ0n) is 5.46. The lowest BCUT2D eigenvalue weighted by molar-refractivity contribution is -0.620. The van der Waals surface area contributed by atoms with Crippen molar-refractivity contribution in [2.45, 2.75) is 6.29 Å². The van der Waals surface area contributed by atoms with E-state index in [1.807, 2.05) is 0 Å². The summed E-state index contributed by atoms with van der Waals surface area (Å²) in [6, 6.07) is 0. The number of aliphatic hydroxyl groups excluding tert-OH is 1. The van der Waals surface area contributed by atoms with Crippen LogP contribution >= 0.6 is 0 Å². The molecule has 6 N–H and O–H groups in total. The first kappa shape index (κ1) is 7.09. The monoisotopic (exact) mass is 140 g/mol. The fourth-order valence-electron chi connectivity index (χ4n) is 0.688. The first-order valence-corrected chi connectivity index (χ1v) is 3.00. The number of nitrogens with two attached hydrogens (primary N) is 2. The minimum absolute atomic E-state index is 0.117. The summed E-state index contributed by atoms with van der Waals surface area (Å²) in [4.78, 5) is 0. The molecule has 1 heterocycles. The average Bonchev–Trinajstić information content (AvgIpc) is 2.31. The normalized spacial score (nSPS) is 22.6. The molecule has 0 aromatic carbocycles. The van der Waals surface area contributed by atoms with Crippen molar-refractivity contribution in [1.29, 1.82) is 0 Å². The predicted molar refractivity (Wildman–Crippen MR) is 36.0 cm³/mol. The lowest BCUT2D eigenvalue weighted by atomic mass is 10.5. The van der Waals surface area contributed by atoms with Crippen molar-refractivity contribution in [3.05, 3.63) is 11.9 Å². The quantitative estimate of drug-likeness (QED) is 0.275. The van der Waals surface area contributed by atoms with Gasteiger partial charge >= 0.3 is 0 Å². The number of aliphatic hydroxyl groups is 1. The van der Waals surface area contributed by atoms with Crippen molar-refractivity contribution in [3.8, 4) is 11.8 Å². The Morgan fingerprint density at radius 3 is 3.20 bits per heavy atom. The summed E-state index contributed by atoms with van der Waals surface area (Å²) in [7, 11) is 0. The second kappa shape index (κ2) is 3.22. The van der Waals surface area contributed by atoms with E-state index in [0.717, 1.165) is 5.70 Å². The SMILES string of the molecule is NC1NC(C#CCO)=C[NH2+]1. The molecule has 0 spiro atoms. The van der Waals surface area contributed by atoms with Gasteiger partial charge in [-0.05, 0) is 5.92 Å². The summed E-state index contributed by atoms with van der Waals surface area (Å²) in [5.41, 5.74) is 6.21. The van der Waals surface area contributed by atoms with Crippen LogP contribution in [0.1, 0.15) is 0 Å². The molecule has 4 heteroatoms.